The number of carbonyl (C=O) groups is 2. The van der Waals surface area contributed by atoms with Gasteiger partial charge in [0, 0.05) is 11.4 Å². The van der Waals surface area contributed by atoms with Gasteiger partial charge < -0.3 is 20.1 Å². The topological polar surface area (TPSA) is 76.7 Å². The predicted molar refractivity (Wildman–Crippen MR) is 186 cm³/mol. The summed E-state index contributed by atoms with van der Waals surface area (Å²) in [5.74, 6) is 1.61. The van der Waals surface area contributed by atoms with E-state index in [0.29, 0.717) is 15.1 Å². The smallest absolute Gasteiger partial charge is 0.265 e. The van der Waals surface area contributed by atoms with Gasteiger partial charge in [-0.2, -0.15) is 0 Å². The van der Waals surface area contributed by atoms with Crippen LogP contribution in [0.4, 0.5) is 11.4 Å². The molecule has 0 saturated heterocycles. The number of amides is 2. The molecule has 3 rings (SSSR count). The first-order valence-corrected chi connectivity index (χ1v) is 16.3. The van der Waals surface area contributed by atoms with Crippen LogP contribution in [-0.4, -0.2) is 24.0 Å². The Balaban J connectivity index is 1.76. The van der Waals surface area contributed by atoms with E-state index in [9.17, 15) is 9.59 Å². The third-order valence-corrected chi connectivity index (χ3v) is 8.58. The second kappa shape index (κ2) is 15.1. The van der Waals surface area contributed by atoms with E-state index in [1.54, 1.807) is 32.0 Å². The van der Waals surface area contributed by atoms with Gasteiger partial charge in [-0.25, -0.2) is 0 Å². The molecule has 0 aliphatic carbocycles. The van der Waals surface area contributed by atoms with Crippen molar-refractivity contribution in [1.29, 1.82) is 0 Å². The van der Waals surface area contributed by atoms with Crippen molar-refractivity contribution < 1.29 is 19.1 Å². The molecule has 43 heavy (non-hydrogen) atoms. The summed E-state index contributed by atoms with van der Waals surface area (Å²) in [5, 5.41) is 6.28. The summed E-state index contributed by atoms with van der Waals surface area (Å²) >= 11 is 2.14. The Morgan fingerprint density at radius 3 is 1.09 bits per heavy atom. The fraction of sp³-hybridized carbons (Fsp3) is 0.444. The highest BCUT2D eigenvalue weighted by Gasteiger charge is 2.24. The van der Waals surface area contributed by atoms with Gasteiger partial charge in [0.1, 0.15) is 11.5 Å². The SMILES string of the molecule is CC(C)c1cccc(C(C)C)c1NC(=O)[C@@H](C)Oc1cccc(O[C@H](C)C(=O)Nc2c(C(C)C)cccc2C(C)C)c1I. The third-order valence-electron chi connectivity index (χ3n) is 7.52. The summed E-state index contributed by atoms with van der Waals surface area (Å²) in [4.78, 5) is 26.7. The van der Waals surface area contributed by atoms with Gasteiger partial charge >= 0.3 is 0 Å². The molecule has 2 amide bonds. The van der Waals surface area contributed by atoms with Crippen molar-refractivity contribution >= 4 is 45.8 Å². The second-order valence-electron chi connectivity index (χ2n) is 12.3. The fourth-order valence-electron chi connectivity index (χ4n) is 5.00. The quantitative estimate of drug-likeness (QED) is 0.185. The lowest BCUT2D eigenvalue weighted by atomic mass is 9.92. The third kappa shape index (κ3) is 8.52. The average Bonchev–Trinajstić information content (AvgIpc) is 2.94. The minimum absolute atomic E-state index is 0.227. The summed E-state index contributed by atoms with van der Waals surface area (Å²) in [7, 11) is 0. The van der Waals surface area contributed by atoms with E-state index in [-0.39, 0.29) is 35.5 Å². The molecule has 0 bridgehead atoms. The number of anilines is 2. The summed E-state index contributed by atoms with van der Waals surface area (Å²) in [5.41, 5.74) is 6.11. The van der Waals surface area contributed by atoms with Gasteiger partial charge in [0.05, 0.1) is 3.57 Å². The van der Waals surface area contributed by atoms with E-state index < -0.39 is 12.2 Å². The van der Waals surface area contributed by atoms with Crippen molar-refractivity contribution in [2.75, 3.05) is 10.6 Å². The standard InChI is InChI=1S/C36H47IN2O4/c1-20(2)26-14-11-15-27(21(3)4)33(26)38-35(40)24(9)42-30-18-13-19-31(32(30)37)43-25(10)36(41)39-34-28(22(5)6)16-12-17-29(34)23(7)8/h11-25H,1-10H3,(H,38,40)(H,39,41)/t24-,25-/m1/s1. The molecule has 0 radical (unpaired) electrons. The lowest BCUT2D eigenvalue weighted by molar-refractivity contribution is -0.122. The van der Waals surface area contributed by atoms with Crippen LogP contribution in [0.15, 0.2) is 54.6 Å². The van der Waals surface area contributed by atoms with E-state index in [2.05, 4.69) is 113 Å². The molecule has 7 heteroatoms. The van der Waals surface area contributed by atoms with Crippen LogP contribution >= 0.6 is 22.6 Å². The zero-order valence-electron chi connectivity index (χ0n) is 27.2. The molecule has 0 aliphatic heterocycles. The van der Waals surface area contributed by atoms with Crippen LogP contribution in [-0.2, 0) is 9.59 Å². The zero-order valence-corrected chi connectivity index (χ0v) is 29.3. The Bertz CT molecular complexity index is 1270. The molecule has 0 fully saturated rings. The van der Waals surface area contributed by atoms with E-state index in [1.165, 1.54) is 0 Å². The van der Waals surface area contributed by atoms with E-state index >= 15 is 0 Å². The molecule has 3 aromatic rings. The van der Waals surface area contributed by atoms with Crippen LogP contribution in [0.5, 0.6) is 11.5 Å². The maximum Gasteiger partial charge on any atom is 0.265 e. The van der Waals surface area contributed by atoms with Gasteiger partial charge in [0.25, 0.3) is 11.8 Å². The summed E-state index contributed by atoms with van der Waals surface area (Å²) in [6.45, 7) is 20.4. The maximum atomic E-state index is 13.3. The van der Waals surface area contributed by atoms with Crippen LogP contribution in [0.25, 0.3) is 0 Å². The van der Waals surface area contributed by atoms with Crippen molar-refractivity contribution in [2.45, 2.75) is 105 Å². The maximum absolute atomic E-state index is 13.3. The highest BCUT2D eigenvalue weighted by Crippen LogP contribution is 2.35. The molecular formula is C36H47IN2O4. The van der Waals surface area contributed by atoms with Crippen molar-refractivity contribution in [2.24, 2.45) is 0 Å². The van der Waals surface area contributed by atoms with E-state index in [0.717, 1.165) is 33.6 Å². The molecule has 232 valence electrons. The Kier molecular flexibility index (Phi) is 12.1. The minimum atomic E-state index is -0.758. The van der Waals surface area contributed by atoms with Crippen molar-refractivity contribution in [3.05, 3.63) is 80.4 Å². The first-order chi connectivity index (χ1) is 20.2. The number of carbonyl (C=O) groups excluding carboxylic acids is 2. The molecule has 0 unspecified atom stereocenters. The van der Waals surface area contributed by atoms with Gasteiger partial charge in [-0.05, 0) is 94.5 Å². The van der Waals surface area contributed by atoms with Gasteiger partial charge in [0.2, 0.25) is 0 Å². The number of nitrogens with one attached hydrogen (secondary N) is 2. The monoisotopic (exact) mass is 698 g/mol. The Hall–Kier alpha value is -3.07. The first-order valence-electron chi connectivity index (χ1n) is 15.2. The zero-order chi connectivity index (χ0) is 32.0. The van der Waals surface area contributed by atoms with Gasteiger partial charge in [-0.15, -0.1) is 0 Å². The van der Waals surface area contributed by atoms with Crippen molar-refractivity contribution in [3.8, 4) is 11.5 Å². The molecule has 0 saturated carbocycles. The van der Waals surface area contributed by atoms with Gasteiger partial charge in [-0.1, -0.05) is 97.9 Å². The Morgan fingerprint density at radius 2 is 0.814 bits per heavy atom. The number of benzene rings is 3. The van der Waals surface area contributed by atoms with Crippen LogP contribution in [0.2, 0.25) is 0 Å². The molecule has 6 nitrogen and oxygen atoms in total. The number of rotatable bonds is 12. The highest BCUT2D eigenvalue weighted by atomic mass is 127. The predicted octanol–water partition coefficient (Wildman–Crippen LogP) is 9.60. The van der Waals surface area contributed by atoms with Gasteiger partial charge in [-0.3, -0.25) is 9.59 Å². The average molecular weight is 699 g/mol. The lowest BCUT2D eigenvalue weighted by Crippen LogP contribution is -2.32. The minimum Gasteiger partial charge on any atom is -0.480 e. The van der Waals surface area contributed by atoms with Gasteiger partial charge in [0.15, 0.2) is 12.2 Å². The van der Waals surface area contributed by atoms with Crippen LogP contribution < -0.4 is 20.1 Å². The number of para-hydroxylation sites is 2. The Morgan fingerprint density at radius 1 is 0.535 bits per heavy atom. The summed E-state index contributed by atoms with van der Waals surface area (Å²) in [6.07, 6.45) is -1.52. The fourth-order valence-corrected chi connectivity index (χ4v) is 5.61. The molecule has 2 N–H and O–H groups in total. The molecule has 2 atom stereocenters. The van der Waals surface area contributed by atoms with Crippen molar-refractivity contribution in [3.63, 3.8) is 0 Å². The molecule has 0 spiro atoms. The largest absolute Gasteiger partial charge is 0.480 e. The van der Waals surface area contributed by atoms with Crippen LogP contribution in [0.1, 0.15) is 115 Å². The van der Waals surface area contributed by atoms with Crippen molar-refractivity contribution in [1.82, 2.24) is 0 Å². The summed E-state index contributed by atoms with van der Waals surface area (Å²) < 4.78 is 13.0. The number of halogens is 1. The van der Waals surface area contributed by atoms with E-state index in [1.807, 2.05) is 12.1 Å². The number of hydrogen-bond donors (Lipinski definition) is 2. The molecule has 0 aromatic heterocycles. The lowest BCUT2D eigenvalue weighted by Gasteiger charge is -2.23. The molecule has 0 aliphatic rings. The van der Waals surface area contributed by atoms with Crippen LogP contribution in [0, 0.1) is 3.57 Å². The normalized spacial score (nSPS) is 12.9. The van der Waals surface area contributed by atoms with E-state index in [4.69, 9.17) is 9.47 Å². The second-order valence-corrected chi connectivity index (χ2v) is 13.4. The highest BCUT2D eigenvalue weighted by molar-refractivity contribution is 14.1. The Labute approximate surface area is 271 Å². The molecular weight excluding hydrogens is 651 g/mol. The number of hydrogen-bond acceptors (Lipinski definition) is 4. The molecule has 0 heterocycles. The first kappa shape index (κ1) is 34.4. The molecule has 3 aromatic carbocycles. The van der Waals surface area contributed by atoms with Crippen LogP contribution in [0.3, 0.4) is 0 Å². The summed E-state index contributed by atoms with van der Waals surface area (Å²) in [6, 6.07) is 17.7. The number of ether oxygens (including phenoxy) is 2.